The molecule has 0 saturated heterocycles. The van der Waals surface area contributed by atoms with Crippen molar-refractivity contribution in [3.05, 3.63) is 66.7 Å². The Bertz CT molecular complexity index is 1800. The monoisotopic (exact) mass is 536 g/mol. The number of hydrogen-bond donors (Lipinski definition) is 1. The fourth-order valence-electron chi connectivity index (χ4n) is 4.20. The Kier molecular flexibility index (Phi) is 6.10. The van der Waals surface area contributed by atoms with Gasteiger partial charge >= 0.3 is 6.09 Å². The normalized spacial score (nSPS) is 12.5. The van der Waals surface area contributed by atoms with Crippen LogP contribution in [-0.2, 0) is 14.6 Å². The van der Waals surface area contributed by atoms with E-state index in [0.717, 1.165) is 0 Å². The quantitative estimate of drug-likeness (QED) is 0.277. The number of aromatic nitrogens is 4. The van der Waals surface area contributed by atoms with E-state index in [9.17, 15) is 17.6 Å². The number of carbonyl (C=O) groups is 1. The summed E-state index contributed by atoms with van der Waals surface area (Å²) in [5.41, 5.74) is 3.00. The molecular weight excluding hydrogens is 507 g/mol. The summed E-state index contributed by atoms with van der Waals surface area (Å²) in [5, 5.41) is 0.00313. The first-order chi connectivity index (χ1) is 17.8. The van der Waals surface area contributed by atoms with Crippen molar-refractivity contribution in [2.45, 2.75) is 50.4 Å². The Morgan fingerprint density at radius 3 is 2.47 bits per heavy atom. The van der Waals surface area contributed by atoms with Gasteiger partial charge in [-0.25, -0.2) is 32.1 Å². The number of H-pyrrole nitrogens is 1. The third-order valence-electron chi connectivity index (χ3n) is 6.10. The Balaban J connectivity index is 0.00000353. The maximum atomic E-state index is 14.0. The van der Waals surface area contributed by atoms with Crippen LogP contribution in [-0.4, -0.2) is 44.9 Å². The number of nitrogens with one attached hydrogen (secondary N) is 1. The second-order valence-corrected chi connectivity index (χ2v) is 12.8. The average Bonchev–Trinajstić information content (AvgIpc) is 3.43. The van der Waals surface area contributed by atoms with Gasteiger partial charge in [-0.15, -0.1) is 0 Å². The summed E-state index contributed by atoms with van der Waals surface area (Å²) in [7, 11) is -3.40. The fourth-order valence-corrected chi connectivity index (χ4v) is 5.26. The third kappa shape index (κ3) is 4.56. The summed E-state index contributed by atoms with van der Waals surface area (Å²) in [5.74, 6) is -0.422. The molecule has 0 spiro atoms. The Hall–Kier alpha value is -4.05. The minimum absolute atomic E-state index is 0. The predicted molar refractivity (Wildman–Crippen MR) is 146 cm³/mol. The summed E-state index contributed by atoms with van der Waals surface area (Å²) >= 11 is 0. The Morgan fingerprint density at radius 2 is 1.82 bits per heavy atom. The lowest BCUT2D eigenvalue weighted by atomic mass is 10.1. The molecule has 0 atom stereocenters. The molecule has 2 aromatic carbocycles. The Morgan fingerprint density at radius 1 is 1.11 bits per heavy atom. The third-order valence-corrected chi connectivity index (χ3v) is 8.27. The summed E-state index contributed by atoms with van der Waals surface area (Å²) in [6.07, 6.45) is 2.68. The van der Waals surface area contributed by atoms with Crippen molar-refractivity contribution in [2.24, 2.45) is 0 Å². The minimum atomic E-state index is -3.40. The van der Waals surface area contributed by atoms with Gasteiger partial charge in [-0.1, -0.05) is 12.1 Å². The van der Waals surface area contributed by atoms with Crippen LogP contribution >= 0.6 is 0 Å². The molecule has 0 unspecified atom stereocenters. The van der Waals surface area contributed by atoms with Gasteiger partial charge in [-0.2, -0.15) is 0 Å². The number of aromatic amines is 1. The smallest absolute Gasteiger partial charge is 0.419 e. The summed E-state index contributed by atoms with van der Waals surface area (Å²) in [4.78, 5) is 25.9. The molecule has 0 saturated carbocycles. The molecule has 5 aromatic rings. The number of hydrogen-bond acceptors (Lipinski definition) is 6. The van der Waals surface area contributed by atoms with Crippen molar-refractivity contribution in [2.75, 3.05) is 0 Å². The molecule has 10 heteroatoms. The molecule has 3 heterocycles. The van der Waals surface area contributed by atoms with Crippen LogP contribution in [0.15, 0.2) is 65.8 Å². The SMILES string of the molecule is CC(C)S(=O)(=O)c1ccc(-c2cnc3[nH]cc(-c4cc5cc(F)ccc5n4C(=O)OC(C)(C)C)c3n2)cc1.[HH]. The maximum Gasteiger partial charge on any atom is 0.419 e. The van der Waals surface area contributed by atoms with Gasteiger partial charge in [0.2, 0.25) is 0 Å². The van der Waals surface area contributed by atoms with Gasteiger partial charge in [0, 0.05) is 24.1 Å². The van der Waals surface area contributed by atoms with Gasteiger partial charge in [-0.3, -0.25) is 0 Å². The van der Waals surface area contributed by atoms with E-state index >= 15 is 0 Å². The van der Waals surface area contributed by atoms with E-state index in [2.05, 4.69) is 9.97 Å². The molecule has 0 radical (unpaired) electrons. The number of rotatable bonds is 4. The number of fused-ring (bicyclic) bond motifs is 2. The highest BCUT2D eigenvalue weighted by atomic mass is 32.2. The topological polar surface area (TPSA) is 107 Å². The molecule has 38 heavy (non-hydrogen) atoms. The zero-order valence-electron chi connectivity index (χ0n) is 21.6. The van der Waals surface area contributed by atoms with Crippen molar-refractivity contribution in [3.8, 4) is 22.5 Å². The van der Waals surface area contributed by atoms with E-state index in [0.29, 0.717) is 44.6 Å². The molecule has 0 amide bonds. The first-order valence-electron chi connectivity index (χ1n) is 12.1. The molecule has 5 rings (SSSR count). The zero-order valence-corrected chi connectivity index (χ0v) is 22.4. The number of ether oxygens (including phenoxy) is 1. The van der Waals surface area contributed by atoms with Crippen LogP contribution in [0.3, 0.4) is 0 Å². The summed E-state index contributed by atoms with van der Waals surface area (Å²) in [6.45, 7) is 8.60. The fraction of sp³-hybridized carbons (Fsp3) is 0.250. The van der Waals surface area contributed by atoms with Gasteiger partial charge in [0.05, 0.1) is 33.2 Å². The molecular formula is C28H29FN4O4S. The molecule has 0 fully saturated rings. The van der Waals surface area contributed by atoms with Crippen molar-refractivity contribution in [3.63, 3.8) is 0 Å². The van der Waals surface area contributed by atoms with Crippen LogP contribution < -0.4 is 0 Å². The van der Waals surface area contributed by atoms with E-state index in [1.54, 1.807) is 77.3 Å². The van der Waals surface area contributed by atoms with Gasteiger partial charge in [-0.05, 0) is 71.0 Å². The Labute approximate surface area is 220 Å². The zero-order chi connectivity index (χ0) is 27.4. The molecule has 0 aliphatic carbocycles. The maximum absolute atomic E-state index is 14.0. The van der Waals surface area contributed by atoms with Crippen LogP contribution in [0.25, 0.3) is 44.6 Å². The van der Waals surface area contributed by atoms with E-state index in [4.69, 9.17) is 9.72 Å². The van der Waals surface area contributed by atoms with Gasteiger partial charge in [0.15, 0.2) is 15.5 Å². The van der Waals surface area contributed by atoms with Crippen LogP contribution in [0.2, 0.25) is 0 Å². The standard InChI is InChI=1S/C28H27FN4O4S.H2/c1-16(2)38(35,36)20-9-6-17(7-10-20)22-15-31-26-25(32-22)21(14-30-26)24-13-18-12-19(29)8-11-23(18)33(24)27(34)37-28(3,4)5;/h6-16H,1-5H3,(H,30,31);1H. The highest BCUT2D eigenvalue weighted by Crippen LogP contribution is 2.34. The highest BCUT2D eigenvalue weighted by Gasteiger charge is 2.25. The number of benzene rings is 2. The average molecular weight is 537 g/mol. The molecule has 0 aliphatic rings. The first kappa shape index (κ1) is 25.6. The van der Waals surface area contributed by atoms with Crippen LogP contribution in [0.5, 0.6) is 0 Å². The molecule has 8 nitrogen and oxygen atoms in total. The molecule has 198 valence electrons. The minimum Gasteiger partial charge on any atom is -0.443 e. The van der Waals surface area contributed by atoms with Gasteiger partial charge in [0.1, 0.15) is 16.9 Å². The number of halogens is 1. The largest absolute Gasteiger partial charge is 0.443 e. The second-order valence-electron chi connectivity index (χ2n) is 10.3. The van der Waals surface area contributed by atoms with Gasteiger partial charge < -0.3 is 9.72 Å². The van der Waals surface area contributed by atoms with E-state index in [1.165, 1.54) is 22.8 Å². The molecule has 3 aromatic heterocycles. The number of carbonyl (C=O) groups excluding carboxylic acids is 1. The number of sulfone groups is 1. The summed E-state index contributed by atoms with van der Waals surface area (Å²) in [6, 6.07) is 12.4. The number of nitrogens with zero attached hydrogens (tertiary/aromatic N) is 3. The van der Waals surface area contributed by atoms with Crippen molar-refractivity contribution < 1.29 is 23.8 Å². The second kappa shape index (κ2) is 9.05. The first-order valence-corrected chi connectivity index (χ1v) is 13.6. The lowest BCUT2D eigenvalue weighted by Gasteiger charge is -2.21. The van der Waals surface area contributed by atoms with E-state index in [1.807, 2.05) is 0 Å². The molecule has 0 aliphatic heterocycles. The van der Waals surface area contributed by atoms with Crippen molar-refractivity contribution in [1.29, 1.82) is 0 Å². The van der Waals surface area contributed by atoms with Crippen LogP contribution in [0.1, 0.15) is 36.0 Å². The predicted octanol–water partition coefficient (Wildman–Crippen LogP) is 6.60. The summed E-state index contributed by atoms with van der Waals surface area (Å²) < 4.78 is 46.1. The van der Waals surface area contributed by atoms with Crippen LogP contribution in [0.4, 0.5) is 9.18 Å². The van der Waals surface area contributed by atoms with Crippen molar-refractivity contribution >= 4 is 38.0 Å². The highest BCUT2D eigenvalue weighted by molar-refractivity contribution is 7.92. The molecule has 1 N–H and O–H groups in total. The lowest BCUT2D eigenvalue weighted by molar-refractivity contribution is 0.0547. The van der Waals surface area contributed by atoms with E-state index < -0.39 is 32.6 Å². The molecule has 0 bridgehead atoms. The van der Waals surface area contributed by atoms with Crippen LogP contribution in [0, 0.1) is 5.82 Å². The van der Waals surface area contributed by atoms with Gasteiger partial charge in [0.25, 0.3) is 0 Å². The van der Waals surface area contributed by atoms with Crippen molar-refractivity contribution in [1.82, 2.24) is 19.5 Å². The van der Waals surface area contributed by atoms with E-state index in [-0.39, 0.29) is 6.32 Å². The lowest BCUT2D eigenvalue weighted by Crippen LogP contribution is -2.27.